The molecule has 0 radical (unpaired) electrons. The van der Waals surface area contributed by atoms with Gasteiger partial charge in [-0.1, -0.05) is 49.4 Å². The summed E-state index contributed by atoms with van der Waals surface area (Å²) in [4.78, 5) is 30.7. The number of ether oxygens (including phenoxy) is 1. The van der Waals surface area contributed by atoms with Crippen LogP contribution in [0.25, 0.3) is 5.65 Å². The van der Waals surface area contributed by atoms with E-state index in [4.69, 9.17) is 27.9 Å². The van der Waals surface area contributed by atoms with Gasteiger partial charge in [-0.3, -0.25) is 14.0 Å². The van der Waals surface area contributed by atoms with E-state index < -0.39 is 0 Å². The zero-order valence-corrected chi connectivity index (χ0v) is 23.1. The number of nitrogens with zero attached hydrogens (tertiary/aromatic N) is 3. The molecule has 0 aliphatic carbocycles. The van der Waals surface area contributed by atoms with Crippen LogP contribution in [0.4, 0.5) is 5.69 Å². The summed E-state index contributed by atoms with van der Waals surface area (Å²) >= 11 is 16.6. The fraction of sp³-hybridized carbons (Fsp3) is 0.400. The number of benzene rings is 1. The van der Waals surface area contributed by atoms with Gasteiger partial charge in [0.25, 0.3) is 0 Å². The van der Waals surface area contributed by atoms with Gasteiger partial charge in [0, 0.05) is 30.3 Å². The summed E-state index contributed by atoms with van der Waals surface area (Å²) in [5.41, 5.74) is 2.54. The number of likely N-dealkylation sites (N-methyl/N-ethyl adjacent to an activating group) is 1. The van der Waals surface area contributed by atoms with Crippen LogP contribution in [-0.2, 0) is 16.2 Å². The monoisotopic (exact) mass is 582 g/mol. The lowest BCUT2D eigenvalue weighted by atomic mass is 10.1. The number of fused-ring (bicyclic) bond motifs is 1. The molecule has 0 saturated carbocycles. The van der Waals surface area contributed by atoms with Gasteiger partial charge in [-0.2, -0.15) is 0 Å². The number of imidazole rings is 1. The molecular formula is C25H29BrCl2N4O3. The Morgan fingerprint density at radius 3 is 2.71 bits per heavy atom. The Morgan fingerprint density at radius 2 is 1.97 bits per heavy atom. The third-order valence-electron chi connectivity index (χ3n) is 5.68. The third kappa shape index (κ3) is 6.68. The molecular weight excluding hydrogens is 555 g/mol. The highest BCUT2D eigenvalue weighted by atomic mass is 79.9. The summed E-state index contributed by atoms with van der Waals surface area (Å²) in [5, 5.41) is 3.42. The van der Waals surface area contributed by atoms with Crippen molar-refractivity contribution in [1.29, 1.82) is 0 Å². The molecule has 0 fully saturated rings. The molecule has 3 rings (SSSR count). The number of unbranched alkanes of at least 4 members (excludes halogenated alkanes) is 3. The summed E-state index contributed by atoms with van der Waals surface area (Å²) in [6.45, 7) is 4.00. The van der Waals surface area contributed by atoms with Crippen LogP contribution in [0.2, 0.25) is 10.0 Å². The minimum absolute atomic E-state index is 0.0885. The second-order valence-electron chi connectivity index (χ2n) is 8.24. The number of hydrogen-bond acceptors (Lipinski definition) is 4. The van der Waals surface area contributed by atoms with Crippen LogP contribution in [0.5, 0.6) is 5.75 Å². The number of aromatic nitrogens is 2. The average molecular weight is 584 g/mol. The Balaban J connectivity index is 1.68. The van der Waals surface area contributed by atoms with Crippen LogP contribution in [0, 0.1) is 6.92 Å². The van der Waals surface area contributed by atoms with E-state index in [-0.39, 0.29) is 25.0 Å². The first-order valence-electron chi connectivity index (χ1n) is 11.5. The van der Waals surface area contributed by atoms with Crippen molar-refractivity contribution < 1.29 is 14.3 Å². The summed E-state index contributed by atoms with van der Waals surface area (Å²) in [6, 6.07) is 7.03. The van der Waals surface area contributed by atoms with Gasteiger partial charge >= 0.3 is 0 Å². The molecule has 0 bridgehead atoms. The third-order valence-corrected chi connectivity index (χ3v) is 7.41. The lowest BCUT2D eigenvalue weighted by molar-refractivity contribution is -0.124. The molecule has 1 aromatic carbocycles. The van der Waals surface area contributed by atoms with Gasteiger partial charge in [-0.25, -0.2) is 4.98 Å². The number of anilines is 1. The number of aryl methyl sites for hydroxylation is 1. The Bertz CT molecular complexity index is 1220. The van der Waals surface area contributed by atoms with Crippen LogP contribution in [0.3, 0.4) is 0 Å². The molecule has 7 nitrogen and oxygen atoms in total. The summed E-state index contributed by atoms with van der Waals surface area (Å²) < 4.78 is 8.77. The van der Waals surface area contributed by atoms with Crippen LogP contribution in [-0.4, -0.2) is 34.8 Å². The van der Waals surface area contributed by atoms with E-state index in [1.807, 2.05) is 29.7 Å². The smallest absolute Gasteiger partial charge is 0.246 e. The molecule has 2 heterocycles. The normalized spacial score (nSPS) is 11.0. The number of nitrogens with one attached hydrogen (secondary N) is 1. The van der Waals surface area contributed by atoms with E-state index in [9.17, 15) is 9.59 Å². The van der Waals surface area contributed by atoms with E-state index >= 15 is 0 Å². The Morgan fingerprint density at radius 1 is 1.20 bits per heavy atom. The van der Waals surface area contributed by atoms with Crippen molar-refractivity contribution in [3.8, 4) is 5.75 Å². The molecule has 3 aromatic rings. The largest absolute Gasteiger partial charge is 0.485 e. The highest BCUT2D eigenvalue weighted by Crippen LogP contribution is 2.35. The van der Waals surface area contributed by atoms with Gasteiger partial charge in [0.2, 0.25) is 11.8 Å². The van der Waals surface area contributed by atoms with Crippen LogP contribution in [0.15, 0.2) is 35.1 Å². The quantitative estimate of drug-likeness (QED) is 0.267. The Kier molecular flexibility index (Phi) is 9.83. The van der Waals surface area contributed by atoms with Gasteiger partial charge in [-0.15, -0.1) is 0 Å². The Labute approximate surface area is 223 Å². The lowest BCUT2D eigenvalue weighted by Crippen LogP contribution is -2.38. The lowest BCUT2D eigenvalue weighted by Gasteiger charge is -2.21. The average Bonchev–Trinajstić information content (AvgIpc) is 3.14. The minimum Gasteiger partial charge on any atom is -0.485 e. The second-order valence-corrected chi connectivity index (χ2v) is 9.78. The van der Waals surface area contributed by atoms with Crippen molar-refractivity contribution in [2.45, 2.75) is 52.6 Å². The molecule has 0 saturated heterocycles. The number of amides is 2. The predicted molar refractivity (Wildman–Crippen MR) is 144 cm³/mol. The molecule has 35 heavy (non-hydrogen) atoms. The molecule has 0 atom stereocenters. The van der Waals surface area contributed by atoms with Crippen molar-refractivity contribution >= 4 is 62.3 Å². The SMILES string of the molecule is CCCCCCC(=O)NCC(=O)N(C)c1ccc(Cl)c(COc2cccn3c(Br)c(C)nc23)c1Cl. The first-order chi connectivity index (χ1) is 16.7. The molecule has 2 aromatic heterocycles. The van der Waals surface area contributed by atoms with Crippen molar-refractivity contribution in [3.05, 3.63) is 56.4 Å². The van der Waals surface area contributed by atoms with Crippen LogP contribution in [0.1, 0.15) is 50.3 Å². The molecule has 2 amide bonds. The van der Waals surface area contributed by atoms with Gasteiger partial charge in [-0.05, 0) is 53.5 Å². The molecule has 0 aliphatic heterocycles. The number of pyridine rings is 1. The van der Waals surface area contributed by atoms with Crippen molar-refractivity contribution in [3.63, 3.8) is 0 Å². The topological polar surface area (TPSA) is 75.9 Å². The molecule has 10 heteroatoms. The van der Waals surface area contributed by atoms with Gasteiger partial charge < -0.3 is 15.0 Å². The fourth-order valence-corrected chi connectivity index (χ4v) is 4.58. The number of hydrogen-bond donors (Lipinski definition) is 1. The van der Waals surface area contributed by atoms with E-state index in [0.29, 0.717) is 39.1 Å². The van der Waals surface area contributed by atoms with E-state index in [0.717, 1.165) is 36.0 Å². The number of carbonyl (C=O) groups is 2. The highest BCUT2D eigenvalue weighted by molar-refractivity contribution is 9.10. The molecule has 0 unspecified atom stereocenters. The van der Waals surface area contributed by atoms with Crippen molar-refractivity contribution in [2.24, 2.45) is 0 Å². The van der Waals surface area contributed by atoms with Crippen molar-refractivity contribution in [2.75, 3.05) is 18.5 Å². The van der Waals surface area contributed by atoms with E-state index in [1.54, 1.807) is 19.2 Å². The molecule has 188 valence electrons. The van der Waals surface area contributed by atoms with Crippen LogP contribution < -0.4 is 15.0 Å². The second kappa shape index (κ2) is 12.6. The molecule has 0 spiro atoms. The van der Waals surface area contributed by atoms with E-state index in [1.165, 1.54) is 4.90 Å². The first kappa shape index (κ1) is 27.3. The number of halogens is 3. The van der Waals surface area contributed by atoms with Gasteiger partial charge in [0.05, 0.1) is 22.9 Å². The summed E-state index contributed by atoms with van der Waals surface area (Å²) in [5.74, 6) is 0.157. The van der Waals surface area contributed by atoms with Crippen LogP contribution >= 0.6 is 39.1 Å². The number of rotatable bonds is 11. The standard InChI is InChI=1S/C25H29BrCl2N4O3/c1-4-5-6-7-10-21(33)29-14-22(34)31(3)19-12-11-18(27)17(23(19)28)15-35-20-9-8-13-32-24(26)16(2)30-25(20)32/h8-9,11-13H,4-7,10,14-15H2,1-3H3,(H,29,33). The van der Waals surface area contributed by atoms with Gasteiger partial charge in [0.15, 0.2) is 11.4 Å². The maximum Gasteiger partial charge on any atom is 0.246 e. The maximum atomic E-state index is 12.7. The minimum atomic E-state index is -0.287. The summed E-state index contributed by atoms with van der Waals surface area (Å²) in [7, 11) is 1.61. The summed E-state index contributed by atoms with van der Waals surface area (Å²) in [6.07, 6.45) is 6.34. The highest BCUT2D eigenvalue weighted by Gasteiger charge is 2.20. The molecule has 0 aliphatic rings. The fourth-order valence-electron chi connectivity index (χ4n) is 3.59. The zero-order chi connectivity index (χ0) is 25.5. The van der Waals surface area contributed by atoms with Gasteiger partial charge in [0.1, 0.15) is 11.2 Å². The number of carbonyl (C=O) groups excluding carboxylic acids is 2. The maximum absolute atomic E-state index is 12.7. The van der Waals surface area contributed by atoms with Crippen molar-refractivity contribution in [1.82, 2.24) is 14.7 Å². The zero-order valence-electron chi connectivity index (χ0n) is 20.0. The first-order valence-corrected chi connectivity index (χ1v) is 13.1. The van der Waals surface area contributed by atoms with E-state index in [2.05, 4.69) is 33.2 Å². The molecule has 1 N–H and O–H groups in total. The Hall–Kier alpha value is -2.29. The predicted octanol–water partition coefficient (Wildman–Crippen LogP) is 6.34.